The van der Waals surface area contributed by atoms with Crippen LogP contribution in [0.3, 0.4) is 0 Å². The van der Waals surface area contributed by atoms with Crippen LogP contribution in [0.2, 0.25) is 0 Å². The van der Waals surface area contributed by atoms with Crippen LogP contribution in [0.1, 0.15) is 50.4 Å². The van der Waals surface area contributed by atoms with Gasteiger partial charge in [0.05, 0.1) is 11.7 Å². The highest BCUT2D eigenvalue weighted by Gasteiger charge is 2.30. The first kappa shape index (κ1) is 21.4. The largest absolute Gasteiger partial charge is 0.347 e. The molecule has 156 valence electrons. The van der Waals surface area contributed by atoms with Gasteiger partial charge in [0.2, 0.25) is 5.91 Å². The molecule has 0 spiro atoms. The summed E-state index contributed by atoms with van der Waals surface area (Å²) >= 11 is 0. The highest BCUT2D eigenvalue weighted by molar-refractivity contribution is 5.76. The average molecular weight is 402 g/mol. The number of hydrogen-bond donors (Lipinski definition) is 1. The van der Waals surface area contributed by atoms with Crippen LogP contribution in [0.5, 0.6) is 0 Å². The monoisotopic (exact) mass is 401 g/mol. The molecule has 0 unspecified atom stereocenters. The van der Waals surface area contributed by atoms with Gasteiger partial charge < -0.3 is 5.32 Å². The summed E-state index contributed by atoms with van der Waals surface area (Å²) in [6.45, 7) is 6.27. The van der Waals surface area contributed by atoms with Crippen LogP contribution in [0.15, 0.2) is 42.6 Å². The number of amides is 1. The van der Waals surface area contributed by atoms with E-state index < -0.39 is 11.6 Å². The zero-order chi connectivity index (χ0) is 20.8. The van der Waals surface area contributed by atoms with Gasteiger partial charge >= 0.3 is 0 Å². The van der Waals surface area contributed by atoms with Crippen molar-refractivity contribution in [1.82, 2.24) is 15.2 Å². The van der Waals surface area contributed by atoms with E-state index >= 15 is 0 Å². The van der Waals surface area contributed by atoms with E-state index in [1.165, 1.54) is 12.1 Å². The maximum absolute atomic E-state index is 13.6. The van der Waals surface area contributed by atoms with Gasteiger partial charge in [0, 0.05) is 25.7 Å². The molecule has 0 aliphatic carbocycles. The predicted molar refractivity (Wildman–Crippen MR) is 109 cm³/mol. The fraction of sp³-hybridized carbons (Fsp3) is 0.478. The number of carbonyl (C=O) groups is 1. The summed E-state index contributed by atoms with van der Waals surface area (Å²) in [5.74, 6) is -1.11. The SMILES string of the molecule is CC(C)CC(=O)N[C@@H](c1ccccn1)[C@H]1CCCN(Cc2ccc(F)c(F)c2)C1. The number of pyridine rings is 1. The third kappa shape index (κ3) is 6.07. The zero-order valence-corrected chi connectivity index (χ0v) is 17.1. The van der Waals surface area contributed by atoms with E-state index in [-0.39, 0.29) is 23.8 Å². The maximum Gasteiger partial charge on any atom is 0.220 e. The lowest BCUT2D eigenvalue weighted by molar-refractivity contribution is -0.123. The number of halogens is 2. The molecule has 0 saturated carbocycles. The van der Waals surface area contributed by atoms with E-state index in [0.29, 0.717) is 13.0 Å². The molecule has 1 fully saturated rings. The van der Waals surface area contributed by atoms with Gasteiger partial charge in [-0.3, -0.25) is 14.7 Å². The number of nitrogens with zero attached hydrogens (tertiary/aromatic N) is 2. The molecule has 0 radical (unpaired) electrons. The Morgan fingerprint density at radius 1 is 1.24 bits per heavy atom. The Kier molecular flexibility index (Phi) is 7.31. The van der Waals surface area contributed by atoms with Crippen molar-refractivity contribution in [2.45, 2.75) is 45.7 Å². The Bertz CT molecular complexity index is 813. The summed E-state index contributed by atoms with van der Waals surface area (Å²) in [5.41, 5.74) is 1.62. The molecule has 1 saturated heterocycles. The molecule has 0 bridgehead atoms. The Balaban J connectivity index is 1.72. The fourth-order valence-electron chi connectivity index (χ4n) is 4.00. The molecule has 2 aromatic rings. The van der Waals surface area contributed by atoms with E-state index in [4.69, 9.17) is 0 Å². The topological polar surface area (TPSA) is 45.2 Å². The summed E-state index contributed by atoms with van der Waals surface area (Å²) < 4.78 is 26.8. The van der Waals surface area contributed by atoms with E-state index in [1.54, 1.807) is 12.3 Å². The molecular weight excluding hydrogens is 372 g/mol. The lowest BCUT2D eigenvalue weighted by Crippen LogP contribution is -2.43. The highest BCUT2D eigenvalue weighted by atomic mass is 19.2. The summed E-state index contributed by atoms with van der Waals surface area (Å²) in [6.07, 6.45) is 4.20. The van der Waals surface area contributed by atoms with Gasteiger partial charge in [-0.05, 0) is 61.1 Å². The zero-order valence-electron chi connectivity index (χ0n) is 17.1. The molecule has 4 nitrogen and oxygen atoms in total. The summed E-state index contributed by atoms with van der Waals surface area (Å²) in [5, 5.41) is 3.20. The molecule has 1 aliphatic rings. The van der Waals surface area contributed by atoms with Crippen molar-refractivity contribution < 1.29 is 13.6 Å². The smallest absolute Gasteiger partial charge is 0.220 e. The van der Waals surface area contributed by atoms with E-state index in [0.717, 1.165) is 37.2 Å². The molecule has 1 aromatic heterocycles. The first-order valence-electron chi connectivity index (χ1n) is 10.3. The van der Waals surface area contributed by atoms with Crippen LogP contribution < -0.4 is 5.32 Å². The van der Waals surface area contributed by atoms with E-state index in [9.17, 15) is 13.6 Å². The summed E-state index contributed by atoms with van der Waals surface area (Å²) in [6, 6.07) is 9.67. The Labute approximate surface area is 171 Å². The maximum atomic E-state index is 13.6. The minimum Gasteiger partial charge on any atom is -0.347 e. The van der Waals surface area contributed by atoms with Crippen molar-refractivity contribution in [2.75, 3.05) is 13.1 Å². The first-order valence-corrected chi connectivity index (χ1v) is 10.3. The van der Waals surface area contributed by atoms with Gasteiger partial charge in [-0.15, -0.1) is 0 Å². The van der Waals surface area contributed by atoms with Gasteiger partial charge in [0.1, 0.15) is 0 Å². The van der Waals surface area contributed by atoms with Crippen LogP contribution in [0.4, 0.5) is 8.78 Å². The van der Waals surface area contributed by atoms with Gasteiger partial charge in [-0.1, -0.05) is 26.0 Å². The molecule has 2 heterocycles. The molecular formula is C23H29F2N3O. The van der Waals surface area contributed by atoms with Crippen molar-refractivity contribution in [2.24, 2.45) is 11.8 Å². The first-order chi connectivity index (χ1) is 13.9. The van der Waals surface area contributed by atoms with Gasteiger partial charge in [0.25, 0.3) is 0 Å². The van der Waals surface area contributed by atoms with Gasteiger partial charge in [0.15, 0.2) is 11.6 Å². The second kappa shape index (κ2) is 9.92. The lowest BCUT2D eigenvalue weighted by Gasteiger charge is -2.37. The highest BCUT2D eigenvalue weighted by Crippen LogP contribution is 2.30. The molecule has 1 amide bonds. The molecule has 1 N–H and O–H groups in total. The Morgan fingerprint density at radius 3 is 2.76 bits per heavy atom. The number of aromatic nitrogens is 1. The molecule has 2 atom stereocenters. The predicted octanol–water partition coefficient (Wildman–Crippen LogP) is 4.48. The number of carbonyl (C=O) groups excluding carboxylic acids is 1. The van der Waals surface area contributed by atoms with Crippen LogP contribution in [-0.2, 0) is 11.3 Å². The Morgan fingerprint density at radius 2 is 2.07 bits per heavy atom. The lowest BCUT2D eigenvalue weighted by atomic mass is 9.88. The fourth-order valence-corrected chi connectivity index (χ4v) is 4.00. The standard InChI is InChI=1S/C23H29F2N3O/c1-16(2)12-22(29)27-23(21-7-3-4-10-26-21)18-6-5-11-28(15-18)14-17-8-9-19(24)20(25)13-17/h3-4,7-10,13,16,18,23H,5-6,11-12,14-15H2,1-2H3,(H,27,29)/t18-,23+/m0/s1. The van der Waals surface area contributed by atoms with Gasteiger partial charge in [-0.2, -0.15) is 0 Å². The number of rotatable bonds is 7. The number of likely N-dealkylation sites (tertiary alicyclic amines) is 1. The average Bonchev–Trinajstić information content (AvgIpc) is 2.69. The Hall–Kier alpha value is -2.34. The molecule has 6 heteroatoms. The van der Waals surface area contributed by atoms with E-state index in [1.807, 2.05) is 32.0 Å². The number of nitrogens with one attached hydrogen (secondary N) is 1. The second-order valence-corrected chi connectivity index (χ2v) is 8.28. The van der Waals surface area contributed by atoms with Crippen molar-refractivity contribution >= 4 is 5.91 Å². The minimum absolute atomic E-state index is 0.0355. The van der Waals surface area contributed by atoms with Crippen LogP contribution in [-0.4, -0.2) is 28.9 Å². The van der Waals surface area contributed by atoms with Crippen molar-refractivity contribution in [3.05, 3.63) is 65.5 Å². The van der Waals surface area contributed by atoms with Crippen molar-refractivity contribution in [3.8, 4) is 0 Å². The second-order valence-electron chi connectivity index (χ2n) is 8.28. The van der Waals surface area contributed by atoms with Crippen molar-refractivity contribution in [1.29, 1.82) is 0 Å². The molecule has 1 aliphatic heterocycles. The molecule has 3 rings (SSSR count). The van der Waals surface area contributed by atoms with Gasteiger partial charge in [-0.25, -0.2) is 8.78 Å². The quantitative estimate of drug-likeness (QED) is 0.744. The normalized spacial score (nSPS) is 18.6. The summed E-state index contributed by atoms with van der Waals surface area (Å²) in [7, 11) is 0. The third-order valence-corrected chi connectivity index (χ3v) is 5.32. The summed E-state index contributed by atoms with van der Waals surface area (Å²) in [4.78, 5) is 19.2. The van der Waals surface area contributed by atoms with E-state index in [2.05, 4.69) is 15.2 Å². The van der Waals surface area contributed by atoms with Crippen LogP contribution in [0.25, 0.3) is 0 Å². The number of piperidine rings is 1. The number of benzene rings is 1. The van der Waals surface area contributed by atoms with Crippen LogP contribution in [0, 0.1) is 23.5 Å². The van der Waals surface area contributed by atoms with Crippen LogP contribution >= 0.6 is 0 Å². The number of hydrogen-bond acceptors (Lipinski definition) is 3. The molecule has 1 aromatic carbocycles. The van der Waals surface area contributed by atoms with Crippen molar-refractivity contribution in [3.63, 3.8) is 0 Å². The molecule has 29 heavy (non-hydrogen) atoms. The minimum atomic E-state index is -0.826. The third-order valence-electron chi connectivity index (χ3n) is 5.32.